The van der Waals surface area contributed by atoms with Crippen LogP contribution in [0, 0.1) is 18.8 Å². The van der Waals surface area contributed by atoms with Crippen LogP contribution in [-0.2, 0) is 9.59 Å². The summed E-state index contributed by atoms with van der Waals surface area (Å²) >= 11 is 0. The van der Waals surface area contributed by atoms with Crippen LogP contribution in [0.3, 0.4) is 0 Å². The van der Waals surface area contributed by atoms with Crippen LogP contribution in [0.1, 0.15) is 63.6 Å². The minimum Gasteiger partial charge on any atom is -0.356 e. The van der Waals surface area contributed by atoms with E-state index in [-0.39, 0.29) is 29.8 Å². The van der Waals surface area contributed by atoms with Crippen molar-refractivity contribution >= 4 is 17.6 Å². The molecule has 0 saturated carbocycles. The number of carbonyl (C=O) groups is 2. The van der Waals surface area contributed by atoms with Crippen LogP contribution in [0.25, 0.3) is 0 Å². The molecule has 1 aliphatic carbocycles. The Bertz CT molecular complexity index is 900. The molecule has 1 aromatic rings. The molecule has 7 nitrogen and oxygen atoms in total. The van der Waals surface area contributed by atoms with Crippen LogP contribution in [0.2, 0.25) is 0 Å². The molecule has 5 rings (SSSR count). The Morgan fingerprint density at radius 1 is 1.19 bits per heavy atom. The second-order valence-electron chi connectivity index (χ2n) is 9.98. The summed E-state index contributed by atoms with van der Waals surface area (Å²) in [5.41, 5.74) is 1.47. The minimum absolute atomic E-state index is 0.0332. The molecule has 3 aliphatic heterocycles. The maximum atomic E-state index is 13.5. The van der Waals surface area contributed by atoms with Gasteiger partial charge in [0.25, 0.3) is 0 Å². The fourth-order valence-electron chi connectivity index (χ4n) is 6.38. The first kappa shape index (κ1) is 21.4. The van der Waals surface area contributed by atoms with E-state index in [2.05, 4.69) is 26.3 Å². The molecule has 2 bridgehead atoms. The predicted molar refractivity (Wildman–Crippen MR) is 123 cm³/mol. The molecule has 2 amide bonds. The number of aryl methyl sites for hydroxylation is 1. The van der Waals surface area contributed by atoms with Crippen molar-refractivity contribution < 1.29 is 9.59 Å². The van der Waals surface area contributed by atoms with Gasteiger partial charge in [-0.25, -0.2) is 9.97 Å². The highest BCUT2D eigenvalue weighted by Crippen LogP contribution is 2.42. The zero-order valence-electron chi connectivity index (χ0n) is 19.1. The number of anilines is 1. The molecule has 0 aromatic carbocycles. The molecule has 4 atom stereocenters. The molecule has 4 heterocycles. The molecule has 0 unspecified atom stereocenters. The summed E-state index contributed by atoms with van der Waals surface area (Å²) in [5.74, 6) is 2.43. The van der Waals surface area contributed by atoms with Crippen LogP contribution < -0.4 is 10.2 Å². The largest absolute Gasteiger partial charge is 0.356 e. The molecule has 4 aliphatic rings. The molecular formula is C25H35N5O2. The van der Waals surface area contributed by atoms with Gasteiger partial charge < -0.3 is 15.1 Å². The number of hydrogen-bond donors (Lipinski definition) is 1. The van der Waals surface area contributed by atoms with Crippen molar-refractivity contribution in [3.8, 4) is 0 Å². The number of hydrogen-bond acceptors (Lipinski definition) is 5. The topological polar surface area (TPSA) is 78.4 Å². The molecule has 3 saturated heterocycles. The molecule has 3 fully saturated rings. The highest BCUT2D eigenvalue weighted by molar-refractivity contribution is 5.89. The van der Waals surface area contributed by atoms with Crippen molar-refractivity contribution in [2.75, 3.05) is 24.5 Å². The first-order chi connectivity index (χ1) is 15.6. The number of piperidine rings is 3. The Balaban J connectivity index is 1.34. The molecule has 1 N–H and O–H groups in total. The Kier molecular flexibility index (Phi) is 6.15. The summed E-state index contributed by atoms with van der Waals surface area (Å²) in [6, 6.07) is 1.76. The zero-order chi connectivity index (χ0) is 22.1. The molecule has 1 aromatic heterocycles. The number of fused-ring (bicyclic) bond motifs is 4. The number of aromatic nitrogens is 2. The monoisotopic (exact) mass is 437 g/mol. The standard InChI is InChI=1S/C25H35N5O2/c1-17-26-13-11-22(28-17)29-15-19-14-20(16-29)24(30-21(19)8-5-9-23(30)31)25(32)27-12-10-18-6-3-2-4-7-18/h6,11,13,19-21,24H,2-5,7-10,12,14-16H2,1H3,(H,27,32)/t19-,20+,21-,24+/m0/s1. The molecular weight excluding hydrogens is 402 g/mol. The molecule has 0 radical (unpaired) electrons. The SMILES string of the molecule is Cc1nccc(N2C[C@@H]3C[C@H](C2)[C@H](C(=O)NCCC2=CCCCC2)N2C(=O)CCC[C@@H]32)n1. The molecule has 7 heteroatoms. The summed E-state index contributed by atoms with van der Waals surface area (Å²) in [4.78, 5) is 39.6. The van der Waals surface area contributed by atoms with Crippen LogP contribution in [-0.4, -0.2) is 58.4 Å². The summed E-state index contributed by atoms with van der Waals surface area (Å²) in [5, 5.41) is 3.20. The van der Waals surface area contributed by atoms with Gasteiger partial charge in [0.15, 0.2) is 0 Å². The normalized spacial score (nSPS) is 29.9. The van der Waals surface area contributed by atoms with E-state index in [9.17, 15) is 9.59 Å². The van der Waals surface area contributed by atoms with Crippen LogP contribution >= 0.6 is 0 Å². The Morgan fingerprint density at radius 2 is 2.06 bits per heavy atom. The van der Waals surface area contributed by atoms with Crippen LogP contribution in [0.5, 0.6) is 0 Å². The van der Waals surface area contributed by atoms with Crippen molar-refractivity contribution in [3.63, 3.8) is 0 Å². The van der Waals surface area contributed by atoms with Crippen molar-refractivity contribution in [1.82, 2.24) is 20.2 Å². The molecule has 0 spiro atoms. The second-order valence-corrected chi connectivity index (χ2v) is 9.98. The Hall–Kier alpha value is -2.44. The van der Waals surface area contributed by atoms with Gasteiger partial charge in [-0.15, -0.1) is 0 Å². The number of amides is 2. The number of nitrogens with one attached hydrogen (secondary N) is 1. The van der Waals surface area contributed by atoms with E-state index in [1.165, 1.54) is 18.4 Å². The highest BCUT2D eigenvalue weighted by atomic mass is 16.2. The predicted octanol–water partition coefficient (Wildman–Crippen LogP) is 3.00. The average Bonchev–Trinajstić information content (AvgIpc) is 2.80. The molecule has 172 valence electrons. The first-order valence-corrected chi connectivity index (χ1v) is 12.4. The average molecular weight is 438 g/mol. The number of carbonyl (C=O) groups excluding carboxylic acids is 2. The van der Waals surface area contributed by atoms with E-state index >= 15 is 0 Å². The van der Waals surface area contributed by atoms with Gasteiger partial charge in [0.05, 0.1) is 0 Å². The van der Waals surface area contributed by atoms with Gasteiger partial charge in [0.2, 0.25) is 11.8 Å². The lowest BCUT2D eigenvalue weighted by molar-refractivity contribution is -0.156. The quantitative estimate of drug-likeness (QED) is 0.717. The van der Waals surface area contributed by atoms with Gasteiger partial charge in [-0.2, -0.15) is 0 Å². The minimum atomic E-state index is -0.366. The maximum absolute atomic E-state index is 13.5. The number of rotatable bonds is 5. The van der Waals surface area contributed by atoms with E-state index in [4.69, 9.17) is 0 Å². The van der Waals surface area contributed by atoms with Gasteiger partial charge >= 0.3 is 0 Å². The smallest absolute Gasteiger partial charge is 0.243 e. The van der Waals surface area contributed by atoms with Crippen molar-refractivity contribution in [3.05, 3.63) is 29.7 Å². The Morgan fingerprint density at radius 3 is 2.88 bits per heavy atom. The third-order valence-corrected chi connectivity index (χ3v) is 7.83. The number of allylic oxidation sites excluding steroid dienone is 1. The Labute approximate surface area is 190 Å². The van der Waals surface area contributed by atoms with Crippen molar-refractivity contribution in [1.29, 1.82) is 0 Å². The number of nitrogens with zero attached hydrogens (tertiary/aromatic N) is 4. The lowest BCUT2D eigenvalue weighted by atomic mass is 9.71. The molecule has 32 heavy (non-hydrogen) atoms. The fraction of sp³-hybridized carbons (Fsp3) is 0.680. The summed E-state index contributed by atoms with van der Waals surface area (Å²) < 4.78 is 0. The van der Waals surface area contributed by atoms with Gasteiger partial charge in [-0.05, 0) is 70.3 Å². The van der Waals surface area contributed by atoms with Crippen molar-refractivity contribution in [2.45, 2.75) is 76.8 Å². The van der Waals surface area contributed by atoms with Gasteiger partial charge in [0.1, 0.15) is 17.7 Å². The van der Waals surface area contributed by atoms with Crippen molar-refractivity contribution in [2.24, 2.45) is 11.8 Å². The summed E-state index contributed by atoms with van der Waals surface area (Å²) in [6.07, 6.45) is 13.4. The highest BCUT2D eigenvalue weighted by Gasteiger charge is 2.52. The van der Waals surface area contributed by atoms with E-state index in [1.807, 2.05) is 24.1 Å². The third-order valence-electron chi connectivity index (χ3n) is 7.83. The van der Waals surface area contributed by atoms with Crippen LogP contribution in [0.4, 0.5) is 5.82 Å². The lowest BCUT2D eigenvalue weighted by Crippen LogP contribution is -2.68. The van der Waals surface area contributed by atoms with Crippen LogP contribution in [0.15, 0.2) is 23.9 Å². The fourth-order valence-corrected chi connectivity index (χ4v) is 6.38. The van der Waals surface area contributed by atoms with E-state index in [0.29, 0.717) is 18.9 Å². The van der Waals surface area contributed by atoms with Gasteiger partial charge in [0, 0.05) is 44.2 Å². The van der Waals surface area contributed by atoms with E-state index in [1.54, 1.807) is 0 Å². The summed E-state index contributed by atoms with van der Waals surface area (Å²) in [6.45, 7) is 4.23. The third kappa shape index (κ3) is 4.26. The summed E-state index contributed by atoms with van der Waals surface area (Å²) in [7, 11) is 0. The first-order valence-electron chi connectivity index (χ1n) is 12.4. The van der Waals surface area contributed by atoms with Gasteiger partial charge in [-0.3, -0.25) is 9.59 Å². The maximum Gasteiger partial charge on any atom is 0.243 e. The second kappa shape index (κ2) is 9.20. The zero-order valence-corrected chi connectivity index (χ0v) is 19.1. The van der Waals surface area contributed by atoms with Gasteiger partial charge in [-0.1, -0.05) is 11.6 Å². The van der Waals surface area contributed by atoms with E-state index < -0.39 is 0 Å². The van der Waals surface area contributed by atoms with E-state index in [0.717, 1.165) is 63.3 Å². The lowest BCUT2D eigenvalue weighted by Gasteiger charge is -2.56.